The number of ether oxygens (including phenoxy) is 1. The minimum atomic E-state index is -0.321. The standard InChI is InChI=1S/C11H19NO2/c1-3-8-14-10(13)11(2)6-4-9(12)5-7-11/h3,9H,1,4-8,12H2,2H3/t9-,11-. The summed E-state index contributed by atoms with van der Waals surface area (Å²) in [7, 11) is 0. The van der Waals surface area contributed by atoms with Crippen LogP contribution < -0.4 is 5.73 Å². The van der Waals surface area contributed by atoms with E-state index in [0.717, 1.165) is 25.7 Å². The zero-order valence-electron chi connectivity index (χ0n) is 8.79. The molecule has 80 valence electrons. The molecule has 14 heavy (non-hydrogen) atoms. The van der Waals surface area contributed by atoms with Gasteiger partial charge in [0.15, 0.2) is 0 Å². The molecule has 0 amide bonds. The molecule has 0 spiro atoms. The van der Waals surface area contributed by atoms with E-state index in [9.17, 15) is 4.79 Å². The monoisotopic (exact) mass is 197 g/mol. The lowest BCUT2D eigenvalue weighted by Gasteiger charge is -2.33. The maximum Gasteiger partial charge on any atom is 0.312 e. The number of carbonyl (C=O) groups excluding carboxylic acids is 1. The first-order valence-electron chi connectivity index (χ1n) is 5.12. The van der Waals surface area contributed by atoms with Gasteiger partial charge in [0, 0.05) is 6.04 Å². The average molecular weight is 197 g/mol. The molecule has 1 aliphatic carbocycles. The van der Waals surface area contributed by atoms with Crippen molar-refractivity contribution < 1.29 is 9.53 Å². The highest BCUT2D eigenvalue weighted by Crippen LogP contribution is 2.36. The molecule has 1 rings (SSSR count). The minimum Gasteiger partial charge on any atom is -0.461 e. The van der Waals surface area contributed by atoms with Crippen molar-refractivity contribution in [3.05, 3.63) is 12.7 Å². The molecule has 2 N–H and O–H groups in total. The van der Waals surface area contributed by atoms with Crippen molar-refractivity contribution in [2.75, 3.05) is 6.61 Å². The van der Waals surface area contributed by atoms with E-state index in [-0.39, 0.29) is 17.4 Å². The molecule has 0 aromatic carbocycles. The molecule has 0 saturated heterocycles. The van der Waals surface area contributed by atoms with Crippen molar-refractivity contribution in [1.82, 2.24) is 0 Å². The summed E-state index contributed by atoms with van der Waals surface area (Å²) in [5.74, 6) is -0.107. The van der Waals surface area contributed by atoms with Crippen LogP contribution in [0.25, 0.3) is 0 Å². The van der Waals surface area contributed by atoms with E-state index in [1.165, 1.54) is 0 Å². The Morgan fingerprint density at radius 1 is 1.64 bits per heavy atom. The molecule has 0 aliphatic heterocycles. The third-order valence-electron chi connectivity index (χ3n) is 2.96. The lowest BCUT2D eigenvalue weighted by atomic mass is 9.74. The molecule has 3 nitrogen and oxygen atoms in total. The maximum absolute atomic E-state index is 11.7. The van der Waals surface area contributed by atoms with Crippen molar-refractivity contribution in [3.8, 4) is 0 Å². The predicted molar refractivity (Wildman–Crippen MR) is 55.7 cm³/mol. The van der Waals surface area contributed by atoms with Crippen LogP contribution in [0.3, 0.4) is 0 Å². The van der Waals surface area contributed by atoms with Gasteiger partial charge in [-0.05, 0) is 32.6 Å². The van der Waals surface area contributed by atoms with Gasteiger partial charge in [-0.3, -0.25) is 4.79 Å². The number of nitrogens with two attached hydrogens (primary N) is 1. The van der Waals surface area contributed by atoms with Gasteiger partial charge in [-0.15, -0.1) is 0 Å². The summed E-state index contributed by atoms with van der Waals surface area (Å²) >= 11 is 0. The van der Waals surface area contributed by atoms with Crippen LogP contribution in [0.5, 0.6) is 0 Å². The summed E-state index contributed by atoms with van der Waals surface area (Å²) in [6, 6.07) is 0.260. The first-order chi connectivity index (χ1) is 6.58. The summed E-state index contributed by atoms with van der Waals surface area (Å²) < 4.78 is 5.07. The van der Waals surface area contributed by atoms with E-state index < -0.39 is 0 Å². The second-order valence-electron chi connectivity index (χ2n) is 4.29. The minimum absolute atomic E-state index is 0.107. The Balaban J connectivity index is 2.48. The Kier molecular flexibility index (Phi) is 3.69. The lowest BCUT2D eigenvalue weighted by molar-refractivity contribution is -0.155. The first-order valence-corrected chi connectivity index (χ1v) is 5.12. The van der Waals surface area contributed by atoms with Gasteiger partial charge in [0.2, 0.25) is 0 Å². The fourth-order valence-electron chi connectivity index (χ4n) is 1.79. The normalized spacial score (nSPS) is 32.3. The van der Waals surface area contributed by atoms with Gasteiger partial charge in [0.05, 0.1) is 5.41 Å². The Bertz CT molecular complexity index is 217. The zero-order valence-corrected chi connectivity index (χ0v) is 8.79. The molecular weight excluding hydrogens is 178 g/mol. The van der Waals surface area contributed by atoms with Crippen molar-refractivity contribution in [1.29, 1.82) is 0 Å². The summed E-state index contributed by atoms with van der Waals surface area (Å²) in [4.78, 5) is 11.7. The molecule has 0 atom stereocenters. The Morgan fingerprint density at radius 2 is 2.21 bits per heavy atom. The van der Waals surface area contributed by atoms with Gasteiger partial charge in [0.1, 0.15) is 6.61 Å². The van der Waals surface area contributed by atoms with Gasteiger partial charge in [-0.2, -0.15) is 0 Å². The van der Waals surface area contributed by atoms with Crippen LogP contribution in [0.15, 0.2) is 12.7 Å². The molecule has 0 heterocycles. The zero-order chi connectivity index (χ0) is 10.6. The highest BCUT2D eigenvalue weighted by molar-refractivity contribution is 5.76. The SMILES string of the molecule is C=CCOC(=O)[C@]1(C)CC[C@@H](N)CC1. The Labute approximate surface area is 85.3 Å². The second kappa shape index (κ2) is 4.60. The summed E-state index contributed by atoms with van der Waals surface area (Å²) in [5, 5.41) is 0. The van der Waals surface area contributed by atoms with Crippen LogP contribution in [-0.2, 0) is 9.53 Å². The van der Waals surface area contributed by atoms with Gasteiger partial charge in [-0.25, -0.2) is 0 Å². The first kappa shape index (κ1) is 11.2. The number of rotatable bonds is 3. The molecule has 0 aromatic rings. The number of hydrogen-bond acceptors (Lipinski definition) is 3. The third-order valence-corrected chi connectivity index (χ3v) is 2.96. The van der Waals surface area contributed by atoms with E-state index in [1.807, 2.05) is 6.92 Å². The predicted octanol–water partition coefficient (Wildman–Crippen LogP) is 1.62. The van der Waals surface area contributed by atoms with Crippen LogP contribution in [0.4, 0.5) is 0 Å². The van der Waals surface area contributed by atoms with Gasteiger partial charge in [-0.1, -0.05) is 12.7 Å². The van der Waals surface area contributed by atoms with Crippen molar-refractivity contribution >= 4 is 5.97 Å². The lowest BCUT2D eigenvalue weighted by Crippen LogP contribution is -2.38. The maximum atomic E-state index is 11.7. The van der Waals surface area contributed by atoms with Crippen LogP contribution >= 0.6 is 0 Å². The second-order valence-corrected chi connectivity index (χ2v) is 4.29. The molecule has 0 aromatic heterocycles. The Morgan fingerprint density at radius 3 is 2.71 bits per heavy atom. The van der Waals surface area contributed by atoms with Gasteiger partial charge >= 0.3 is 5.97 Å². The van der Waals surface area contributed by atoms with E-state index >= 15 is 0 Å². The summed E-state index contributed by atoms with van der Waals surface area (Å²) in [6.07, 6.45) is 5.10. The van der Waals surface area contributed by atoms with Gasteiger partial charge < -0.3 is 10.5 Å². The summed E-state index contributed by atoms with van der Waals surface area (Å²) in [6.45, 7) is 5.78. The van der Waals surface area contributed by atoms with E-state index in [2.05, 4.69) is 6.58 Å². The highest BCUT2D eigenvalue weighted by atomic mass is 16.5. The quantitative estimate of drug-likeness (QED) is 0.552. The van der Waals surface area contributed by atoms with E-state index in [1.54, 1.807) is 6.08 Å². The number of hydrogen-bond donors (Lipinski definition) is 1. The molecule has 1 fully saturated rings. The topological polar surface area (TPSA) is 52.3 Å². The molecule has 1 aliphatic rings. The third kappa shape index (κ3) is 2.58. The smallest absolute Gasteiger partial charge is 0.312 e. The average Bonchev–Trinajstić information content (AvgIpc) is 2.19. The van der Waals surface area contributed by atoms with E-state index in [0.29, 0.717) is 6.61 Å². The molecule has 0 unspecified atom stereocenters. The van der Waals surface area contributed by atoms with Gasteiger partial charge in [0.25, 0.3) is 0 Å². The van der Waals surface area contributed by atoms with Crippen LogP contribution in [0.1, 0.15) is 32.6 Å². The largest absolute Gasteiger partial charge is 0.461 e. The molecular formula is C11H19NO2. The van der Waals surface area contributed by atoms with E-state index in [4.69, 9.17) is 10.5 Å². The molecule has 1 saturated carbocycles. The molecule has 0 radical (unpaired) electrons. The highest BCUT2D eigenvalue weighted by Gasteiger charge is 2.37. The van der Waals surface area contributed by atoms with Crippen LogP contribution in [0, 0.1) is 5.41 Å². The molecule has 3 heteroatoms. The van der Waals surface area contributed by atoms with Crippen LogP contribution in [-0.4, -0.2) is 18.6 Å². The fraction of sp³-hybridized carbons (Fsp3) is 0.727. The van der Waals surface area contributed by atoms with Crippen molar-refractivity contribution in [2.45, 2.75) is 38.6 Å². The van der Waals surface area contributed by atoms with Crippen molar-refractivity contribution in [2.24, 2.45) is 11.1 Å². The van der Waals surface area contributed by atoms with Crippen molar-refractivity contribution in [3.63, 3.8) is 0 Å². The summed E-state index contributed by atoms with van der Waals surface area (Å²) in [5.41, 5.74) is 5.47. The fourth-order valence-corrected chi connectivity index (χ4v) is 1.79. The molecule has 0 bridgehead atoms. The Hall–Kier alpha value is -0.830. The number of carbonyl (C=O) groups is 1. The number of esters is 1. The van der Waals surface area contributed by atoms with Crippen LogP contribution in [0.2, 0.25) is 0 Å².